The number of aromatic nitrogens is 1. The number of hydrogen-bond acceptors (Lipinski definition) is 3. The molecule has 1 amide bonds. The second-order valence-corrected chi connectivity index (χ2v) is 5.45. The maximum absolute atomic E-state index is 11.8. The fourth-order valence-electron chi connectivity index (χ4n) is 1.75. The number of carbonyl (C=O) groups excluding carboxylic acids is 2. The molecule has 0 aliphatic heterocycles. The van der Waals surface area contributed by atoms with Gasteiger partial charge in [-0.3, -0.25) is 4.79 Å². The van der Waals surface area contributed by atoms with Crippen LogP contribution in [0, 0.1) is 6.92 Å². The smallest absolute Gasteiger partial charge is 0.355 e. The van der Waals surface area contributed by atoms with Crippen molar-refractivity contribution in [1.29, 1.82) is 0 Å². The van der Waals surface area contributed by atoms with Gasteiger partial charge in [-0.2, -0.15) is 0 Å². The van der Waals surface area contributed by atoms with Gasteiger partial charge in [0.2, 0.25) is 0 Å². The zero-order valence-corrected chi connectivity index (χ0v) is 13.3. The quantitative estimate of drug-likeness (QED) is 0.862. The van der Waals surface area contributed by atoms with Gasteiger partial charge in [-0.05, 0) is 36.8 Å². The lowest BCUT2D eigenvalue weighted by Gasteiger charge is -2.08. The van der Waals surface area contributed by atoms with Crippen LogP contribution in [-0.4, -0.2) is 23.1 Å². The van der Waals surface area contributed by atoms with E-state index in [1.807, 2.05) is 13.0 Å². The van der Waals surface area contributed by atoms with Crippen LogP contribution in [0.1, 0.15) is 16.1 Å². The molecule has 0 radical (unpaired) electrons. The second-order valence-electron chi connectivity index (χ2n) is 4.59. The van der Waals surface area contributed by atoms with Crippen molar-refractivity contribution in [3.63, 3.8) is 0 Å². The van der Waals surface area contributed by atoms with E-state index >= 15 is 0 Å². The van der Waals surface area contributed by atoms with Gasteiger partial charge in [0, 0.05) is 23.4 Å². The number of nitrogens with zero attached hydrogens (tertiary/aromatic N) is 1. The summed E-state index contributed by atoms with van der Waals surface area (Å²) in [6.45, 7) is 1.63. The van der Waals surface area contributed by atoms with Crippen molar-refractivity contribution < 1.29 is 14.3 Å². The van der Waals surface area contributed by atoms with Gasteiger partial charge in [0.05, 0.1) is 0 Å². The number of aryl methyl sites for hydroxylation is 2. The van der Waals surface area contributed by atoms with Crippen molar-refractivity contribution in [3.05, 3.63) is 52.3 Å². The number of benzene rings is 1. The zero-order chi connectivity index (χ0) is 15.4. The van der Waals surface area contributed by atoms with E-state index in [-0.39, 0.29) is 12.5 Å². The number of carbonyl (C=O) groups is 2. The molecule has 0 bridgehead atoms. The first-order valence-corrected chi connectivity index (χ1v) is 7.11. The maximum atomic E-state index is 11.8. The average Bonchev–Trinajstić information content (AvgIpc) is 2.86. The van der Waals surface area contributed by atoms with Gasteiger partial charge in [-0.1, -0.05) is 22.0 Å². The predicted molar refractivity (Wildman–Crippen MR) is 83.2 cm³/mol. The van der Waals surface area contributed by atoms with Crippen LogP contribution in [0.15, 0.2) is 41.0 Å². The molecular formula is C15H15BrN2O3. The molecule has 1 heterocycles. The van der Waals surface area contributed by atoms with Crippen molar-refractivity contribution in [2.45, 2.75) is 6.92 Å². The third kappa shape index (κ3) is 3.95. The monoisotopic (exact) mass is 350 g/mol. The summed E-state index contributed by atoms with van der Waals surface area (Å²) < 4.78 is 7.51. The molecule has 0 fully saturated rings. The second kappa shape index (κ2) is 6.58. The van der Waals surface area contributed by atoms with Crippen molar-refractivity contribution in [2.24, 2.45) is 7.05 Å². The summed E-state index contributed by atoms with van der Waals surface area (Å²) in [5.74, 6) is -0.906. The third-order valence-electron chi connectivity index (χ3n) is 2.94. The largest absolute Gasteiger partial charge is 0.451 e. The topological polar surface area (TPSA) is 60.3 Å². The van der Waals surface area contributed by atoms with Crippen molar-refractivity contribution in [1.82, 2.24) is 4.57 Å². The minimum absolute atomic E-state index is 0.324. The first-order valence-electron chi connectivity index (χ1n) is 6.32. The SMILES string of the molecule is Cc1ccc(NC(=O)COC(=O)c2cccn2C)cc1Br. The fraction of sp³-hybridized carbons (Fsp3) is 0.200. The molecule has 2 rings (SSSR count). The number of nitrogens with one attached hydrogen (secondary N) is 1. The van der Waals surface area contributed by atoms with Gasteiger partial charge in [-0.15, -0.1) is 0 Å². The zero-order valence-electron chi connectivity index (χ0n) is 11.7. The third-order valence-corrected chi connectivity index (χ3v) is 3.80. The van der Waals surface area contributed by atoms with Crippen molar-refractivity contribution in [2.75, 3.05) is 11.9 Å². The average molecular weight is 351 g/mol. The van der Waals surface area contributed by atoms with Crippen LogP contribution in [0.25, 0.3) is 0 Å². The standard InChI is InChI=1S/C15H15BrN2O3/c1-10-5-6-11(8-12(10)16)17-14(19)9-21-15(20)13-4-3-7-18(13)2/h3-8H,9H2,1-2H3,(H,17,19). The van der Waals surface area contributed by atoms with Gasteiger partial charge in [0.15, 0.2) is 6.61 Å². The predicted octanol–water partition coefficient (Wildman–Crippen LogP) is 2.89. The van der Waals surface area contributed by atoms with Crippen LogP contribution in [-0.2, 0) is 16.6 Å². The molecule has 0 atom stereocenters. The lowest BCUT2D eigenvalue weighted by atomic mass is 10.2. The number of esters is 1. The van der Waals surface area contributed by atoms with Gasteiger partial charge in [-0.25, -0.2) is 4.79 Å². The molecule has 21 heavy (non-hydrogen) atoms. The van der Waals surface area contributed by atoms with Crippen LogP contribution >= 0.6 is 15.9 Å². The number of anilines is 1. The summed E-state index contributed by atoms with van der Waals surface area (Å²) in [4.78, 5) is 23.5. The van der Waals surface area contributed by atoms with E-state index < -0.39 is 5.97 Å². The van der Waals surface area contributed by atoms with Crippen molar-refractivity contribution in [3.8, 4) is 0 Å². The molecular weight excluding hydrogens is 336 g/mol. The summed E-state index contributed by atoms with van der Waals surface area (Å²) >= 11 is 3.39. The Morgan fingerprint density at radius 2 is 2.10 bits per heavy atom. The molecule has 2 aromatic rings. The van der Waals surface area contributed by atoms with E-state index in [0.29, 0.717) is 11.4 Å². The van der Waals surface area contributed by atoms with Gasteiger partial charge in [0.1, 0.15) is 5.69 Å². The lowest BCUT2D eigenvalue weighted by molar-refractivity contribution is -0.119. The van der Waals surface area contributed by atoms with Gasteiger partial charge >= 0.3 is 5.97 Å². The Labute approximate surface area is 131 Å². The highest BCUT2D eigenvalue weighted by Crippen LogP contribution is 2.20. The molecule has 110 valence electrons. The molecule has 1 aromatic heterocycles. The number of halogens is 1. The Hall–Kier alpha value is -2.08. The molecule has 0 aliphatic rings. The Bertz CT molecular complexity index is 679. The first-order chi connectivity index (χ1) is 9.97. The van der Waals surface area contributed by atoms with Crippen LogP contribution in [0.3, 0.4) is 0 Å². The molecule has 1 N–H and O–H groups in total. The van der Waals surface area contributed by atoms with E-state index in [1.54, 1.807) is 42.1 Å². The van der Waals surface area contributed by atoms with Crippen LogP contribution in [0.2, 0.25) is 0 Å². The molecule has 0 unspecified atom stereocenters. The Kier molecular flexibility index (Phi) is 4.80. The highest BCUT2D eigenvalue weighted by atomic mass is 79.9. The van der Waals surface area contributed by atoms with Crippen molar-refractivity contribution >= 4 is 33.5 Å². The number of amides is 1. The highest BCUT2D eigenvalue weighted by molar-refractivity contribution is 9.10. The normalized spacial score (nSPS) is 10.2. The summed E-state index contributed by atoms with van der Waals surface area (Å²) in [6, 6.07) is 8.84. The Morgan fingerprint density at radius 3 is 2.71 bits per heavy atom. The molecule has 1 aromatic carbocycles. The highest BCUT2D eigenvalue weighted by Gasteiger charge is 2.12. The number of ether oxygens (including phenoxy) is 1. The Balaban J connectivity index is 1.89. The van der Waals surface area contributed by atoms with Crippen LogP contribution < -0.4 is 5.32 Å². The lowest BCUT2D eigenvalue weighted by Crippen LogP contribution is -2.21. The van der Waals surface area contributed by atoms with E-state index in [0.717, 1.165) is 10.0 Å². The molecule has 0 aliphatic carbocycles. The van der Waals surface area contributed by atoms with E-state index in [2.05, 4.69) is 21.2 Å². The van der Waals surface area contributed by atoms with E-state index in [4.69, 9.17) is 4.74 Å². The maximum Gasteiger partial charge on any atom is 0.355 e. The van der Waals surface area contributed by atoms with E-state index in [9.17, 15) is 9.59 Å². The van der Waals surface area contributed by atoms with Gasteiger partial charge < -0.3 is 14.6 Å². The molecule has 0 spiro atoms. The van der Waals surface area contributed by atoms with Crippen LogP contribution in [0.5, 0.6) is 0 Å². The minimum Gasteiger partial charge on any atom is -0.451 e. The van der Waals surface area contributed by atoms with Crippen LogP contribution in [0.4, 0.5) is 5.69 Å². The fourth-order valence-corrected chi connectivity index (χ4v) is 2.12. The summed E-state index contributed by atoms with van der Waals surface area (Å²) in [6.07, 6.45) is 1.74. The minimum atomic E-state index is -0.525. The first kappa shape index (κ1) is 15.3. The molecule has 0 saturated carbocycles. The van der Waals surface area contributed by atoms with E-state index in [1.165, 1.54) is 0 Å². The summed E-state index contributed by atoms with van der Waals surface area (Å²) in [5, 5.41) is 2.67. The molecule has 5 nitrogen and oxygen atoms in total. The number of rotatable bonds is 4. The number of hydrogen-bond donors (Lipinski definition) is 1. The molecule has 6 heteroatoms. The Morgan fingerprint density at radius 1 is 1.33 bits per heavy atom. The molecule has 0 saturated heterocycles. The summed E-state index contributed by atoms with van der Waals surface area (Å²) in [5.41, 5.74) is 2.12. The van der Waals surface area contributed by atoms with Gasteiger partial charge in [0.25, 0.3) is 5.91 Å². The summed E-state index contributed by atoms with van der Waals surface area (Å²) in [7, 11) is 1.74.